The van der Waals surface area contributed by atoms with Gasteiger partial charge in [0.05, 0.1) is 18.8 Å². The molecule has 0 aromatic rings. The molecule has 66 heavy (non-hydrogen) atoms. The van der Waals surface area contributed by atoms with Gasteiger partial charge < -0.3 is 25.7 Å². The van der Waals surface area contributed by atoms with E-state index in [-0.39, 0.29) is 0 Å². The van der Waals surface area contributed by atoms with E-state index in [2.05, 4.69) is 43.5 Å². The van der Waals surface area contributed by atoms with Crippen LogP contribution in [0.3, 0.4) is 0 Å². The molecular formula is C60H117NO5. The van der Waals surface area contributed by atoms with Gasteiger partial charge in [0.15, 0.2) is 0 Å². The maximum atomic E-state index is 12.6. The number of carbonyl (C=O) groups excluding carboxylic acids is 1. The molecular weight excluding hydrogens is 815 g/mol. The lowest BCUT2D eigenvalue weighted by Gasteiger charge is -2.27. The first-order chi connectivity index (χ1) is 32.5. The van der Waals surface area contributed by atoms with Gasteiger partial charge in [0.25, 0.3) is 0 Å². The molecule has 6 nitrogen and oxygen atoms in total. The zero-order valence-corrected chi connectivity index (χ0v) is 44.5. The van der Waals surface area contributed by atoms with E-state index >= 15 is 0 Å². The predicted octanol–water partition coefficient (Wildman–Crippen LogP) is 17.4. The maximum absolute atomic E-state index is 12.6. The number of aliphatic hydroxyl groups is 4. The number of amides is 1. The average Bonchev–Trinajstić information content (AvgIpc) is 3.32. The SMILES string of the molecule is CCCCCCCCCCCC/C=C\CCCCCCCCC(O)C(=O)NC(CO)C(O)C(O)CCC/C=C/CCCCCCCCCCCCCCCCCCCCCCCCCCC. The first-order valence-electron chi connectivity index (χ1n) is 29.7. The zero-order chi connectivity index (χ0) is 48.1. The number of nitrogens with one attached hydrogen (secondary N) is 1. The van der Waals surface area contributed by atoms with Crippen LogP contribution in [-0.4, -0.2) is 57.3 Å². The van der Waals surface area contributed by atoms with Gasteiger partial charge in [-0.2, -0.15) is 0 Å². The molecule has 4 atom stereocenters. The third-order valence-corrected chi connectivity index (χ3v) is 14.1. The van der Waals surface area contributed by atoms with Crippen molar-refractivity contribution in [2.24, 2.45) is 0 Å². The van der Waals surface area contributed by atoms with Crippen molar-refractivity contribution in [3.05, 3.63) is 24.3 Å². The smallest absolute Gasteiger partial charge is 0.249 e. The molecule has 1 amide bonds. The molecule has 0 bridgehead atoms. The van der Waals surface area contributed by atoms with Gasteiger partial charge in [-0.15, -0.1) is 0 Å². The van der Waals surface area contributed by atoms with Crippen LogP contribution < -0.4 is 5.32 Å². The van der Waals surface area contributed by atoms with Crippen molar-refractivity contribution in [1.82, 2.24) is 5.32 Å². The van der Waals surface area contributed by atoms with Crippen molar-refractivity contribution < 1.29 is 25.2 Å². The second-order valence-electron chi connectivity index (χ2n) is 20.7. The minimum Gasteiger partial charge on any atom is -0.394 e. The van der Waals surface area contributed by atoms with Crippen molar-refractivity contribution in [3.8, 4) is 0 Å². The molecule has 0 radical (unpaired) electrons. The molecule has 392 valence electrons. The zero-order valence-electron chi connectivity index (χ0n) is 44.5. The Morgan fingerprint density at radius 1 is 0.364 bits per heavy atom. The number of hydrogen-bond donors (Lipinski definition) is 5. The summed E-state index contributed by atoms with van der Waals surface area (Å²) in [5, 5.41) is 44.0. The third kappa shape index (κ3) is 47.8. The Hall–Kier alpha value is -1.21. The highest BCUT2D eigenvalue weighted by molar-refractivity contribution is 5.80. The molecule has 0 heterocycles. The van der Waals surface area contributed by atoms with Gasteiger partial charge in [0, 0.05) is 0 Å². The van der Waals surface area contributed by atoms with E-state index in [1.807, 2.05) is 0 Å². The summed E-state index contributed by atoms with van der Waals surface area (Å²) in [6, 6.07) is -1.00. The Balaban J connectivity index is 3.62. The molecule has 0 aromatic carbocycles. The fraction of sp³-hybridized carbons (Fsp3) is 0.917. The summed E-state index contributed by atoms with van der Waals surface area (Å²) in [6.07, 6.45) is 66.9. The number of aliphatic hydroxyl groups excluding tert-OH is 4. The Labute approximate surface area is 412 Å². The lowest BCUT2D eigenvalue weighted by Crippen LogP contribution is -2.53. The summed E-state index contributed by atoms with van der Waals surface area (Å²) >= 11 is 0. The van der Waals surface area contributed by atoms with Gasteiger partial charge in [-0.25, -0.2) is 0 Å². The minimum atomic E-state index is -1.28. The van der Waals surface area contributed by atoms with E-state index in [0.717, 1.165) is 44.9 Å². The molecule has 0 fully saturated rings. The van der Waals surface area contributed by atoms with Gasteiger partial charge in [-0.1, -0.05) is 282 Å². The van der Waals surface area contributed by atoms with Gasteiger partial charge in [-0.05, 0) is 64.2 Å². The molecule has 0 aliphatic heterocycles. The highest BCUT2D eigenvalue weighted by Crippen LogP contribution is 2.18. The first-order valence-corrected chi connectivity index (χ1v) is 29.7. The molecule has 5 N–H and O–H groups in total. The van der Waals surface area contributed by atoms with E-state index in [4.69, 9.17) is 0 Å². The standard InChI is InChI=1S/C60H117NO5/c1-3-5-7-9-11-13-15-17-19-21-23-25-26-27-28-29-30-31-32-33-34-36-37-39-41-43-45-47-49-51-53-57(63)59(65)56(55-62)61-60(66)58(64)54-52-50-48-46-44-42-40-38-35-24-22-20-18-16-14-12-10-8-6-4-2/h35,38,45,47,56-59,62-65H,3-34,36-37,39-44,46,48-55H2,1-2H3,(H,61,66)/b38-35-,47-45+. The van der Waals surface area contributed by atoms with Crippen LogP contribution >= 0.6 is 0 Å². The number of hydrogen-bond acceptors (Lipinski definition) is 5. The van der Waals surface area contributed by atoms with Crippen molar-refractivity contribution >= 4 is 5.91 Å². The fourth-order valence-corrected chi connectivity index (χ4v) is 9.46. The molecule has 6 heteroatoms. The van der Waals surface area contributed by atoms with Crippen LogP contribution in [0.15, 0.2) is 24.3 Å². The van der Waals surface area contributed by atoms with E-state index < -0.39 is 36.9 Å². The Morgan fingerprint density at radius 2 is 0.621 bits per heavy atom. The van der Waals surface area contributed by atoms with Crippen LogP contribution in [0.4, 0.5) is 0 Å². The number of carbonyl (C=O) groups is 1. The van der Waals surface area contributed by atoms with Gasteiger partial charge in [0.1, 0.15) is 12.2 Å². The maximum Gasteiger partial charge on any atom is 0.249 e. The highest BCUT2D eigenvalue weighted by Gasteiger charge is 2.28. The summed E-state index contributed by atoms with van der Waals surface area (Å²) < 4.78 is 0. The van der Waals surface area contributed by atoms with Crippen LogP contribution in [0.25, 0.3) is 0 Å². The number of rotatable bonds is 55. The van der Waals surface area contributed by atoms with E-state index in [9.17, 15) is 25.2 Å². The monoisotopic (exact) mass is 932 g/mol. The van der Waals surface area contributed by atoms with Crippen LogP contribution in [-0.2, 0) is 4.79 Å². The van der Waals surface area contributed by atoms with Crippen LogP contribution in [0.5, 0.6) is 0 Å². The lowest BCUT2D eigenvalue weighted by molar-refractivity contribution is -0.132. The van der Waals surface area contributed by atoms with Gasteiger partial charge >= 0.3 is 0 Å². The van der Waals surface area contributed by atoms with E-state index in [1.54, 1.807) is 0 Å². The normalized spacial score (nSPS) is 13.8. The Kier molecular flexibility index (Phi) is 53.7. The summed E-state index contributed by atoms with van der Waals surface area (Å²) in [5.74, 6) is -0.594. The Morgan fingerprint density at radius 3 is 0.909 bits per heavy atom. The number of unbranched alkanes of at least 4 members (excludes halogenated alkanes) is 42. The molecule has 4 unspecified atom stereocenters. The first kappa shape index (κ1) is 64.8. The topological polar surface area (TPSA) is 110 Å². The van der Waals surface area contributed by atoms with Gasteiger partial charge in [-0.3, -0.25) is 4.79 Å². The van der Waals surface area contributed by atoms with Crippen LogP contribution in [0.2, 0.25) is 0 Å². The van der Waals surface area contributed by atoms with E-state index in [1.165, 1.54) is 250 Å². The second-order valence-corrected chi connectivity index (χ2v) is 20.7. The molecule has 0 spiro atoms. The molecule has 0 aliphatic carbocycles. The summed E-state index contributed by atoms with van der Waals surface area (Å²) in [7, 11) is 0. The lowest BCUT2D eigenvalue weighted by atomic mass is 10.00. The van der Waals surface area contributed by atoms with Crippen molar-refractivity contribution in [3.63, 3.8) is 0 Å². The van der Waals surface area contributed by atoms with Crippen molar-refractivity contribution in [2.45, 2.75) is 346 Å². The molecule has 0 saturated heterocycles. The van der Waals surface area contributed by atoms with Gasteiger partial charge in [0.2, 0.25) is 5.91 Å². The predicted molar refractivity (Wildman–Crippen MR) is 288 cm³/mol. The van der Waals surface area contributed by atoms with Crippen molar-refractivity contribution in [1.29, 1.82) is 0 Å². The summed E-state index contributed by atoms with van der Waals surface area (Å²) in [4.78, 5) is 12.6. The summed E-state index contributed by atoms with van der Waals surface area (Å²) in [6.45, 7) is 4.08. The van der Waals surface area contributed by atoms with Crippen molar-refractivity contribution in [2.75, 3.05) is 6.61 Å². The third-order valence-electron chi connectivity index (χ3n) is 14.1. The molecule has 0 saturated carbocycles. The molecule has 0 rings (SSSR count). The molecule has 0 aromatic heterocycles. The fourth-order valence-electron chi connectivity index (χ4n) is 9.46. The quantitative estimate of drug-likeness (QED) is 0.0308. The second kappa shape index (κ2) is 54.7. The minimum absolute atomic E-state index is 0.357. The Bertz CT molecular complexity index is 1000. The van der Waals surface area contributed by atoms with E-state index in [0.29, 0.717) is 12.8 Å². The summed E-state index contributed by atoms with van der Waals surface area (Å²) in [5.41, 5.74) is 0. The average molecular weight is 933 g/mol. The molecule has 0 aliphatic rings. The highest BCUT2D eigenvalue weighted by atomic mass is 16.3. The van der Waals surface area contributed by atoms with Crippen LogP contribution in [0.1, 0.15) is 322 Å². The number of allylic oxidation sites excluding steroid dienone is 4. The largest absolute Gasteiger partial charge is 0.394 e. The van der Waals surface area contributed by atoms with Crippen LogP contribution in [0, 0.1) is 0 Å².